The standard InChI is InChI=1S/C15H10F5NO2/c1-7-6-8(16)2-4-10(7)21-11-5-3-9(15(18,19)20)13(17)12(11)14(22)23/h2-6,21H,1H3,(H,22,23). The lowest BCUT2D eigenvalue weighted by atomic mass is 10.1. The lowest BCUT2D eigenvalue weighted by Crippen LogP contribution is -2.14. The molecule has 0 saturated carbocycles. The van der Waals surface area contributed by atoms with E-state index in [1.807, 2.05) is 0 Å². The largest absolute Gasteiger partial charge is 0.478 e. The molecule has 0 fully saturated rings. The van der Waals surface area contributed by atoms with E-state index in [9.17, 15) is 26.7 Å². The van der Waals surface area contributed by atoms with Crippen LogP contribution in [0.25, 0.3) is 0 Å². The van der Waals surface area contributed by atoms with Gasteiger partial charge >= 0.3 is 12.1 Å². The number of hydrogen-bond acceptors (Lipinski definition) is 2. The van der Waals surface area contributed by atoms with Crippen molar-refractivity contribution in [1.29, 1.82) is 0 Å². The van der Waals surface area contributed by atoms with E-state index in [0.29, 0.717) is 11.6 Å². The molecule has 122 valence electrons. The lowest BCUT2D eigenvalue weighted by Gasteiger charge is -2.15. The van der Waals surface area contributed by atoms with Gasteiger partial charge in [-0.05, 0) is 42.8 Å². The van der Waals surface area contributed by atoms with E-state index in [0.717, 1.165) is 18.2 Å². The van der Waals surface area contributed by atoms with Crippen LogP contribution in [-0.2, 0) is 6.18 Å². The number of nitrogens with one attached hydrogen (secondary N) is 1. The summed E-state index contributed by atoms with van der Waals surface area (Å²) in [6.45, 7) is 1.51. The molecule has 0 aliphatic carbocycles. The van der Waals surface area contributed by atoms with Crippen LogP contribution in [0.15, 0.2) is 30.3 Å². The first-order valence-electron chi connectivity index (χ1n) is 6.27. The number of aryl methyl sites for hydroxylation is 1. The fourth-order valence-electron chi connectivity index (χ4n) is 2.02. The quantitative estimate of drug-likeness (QED) is 0.799. The minimum Gasteiger partial charge on any atom is -0.478 e. The number of carboxylic acids is 1. The molecule has 2 rings (SSSR count). The van der Waals surface area contributed by atoms with Crippen molar-refractivity contribution in [2.45, 2.75) is 13.1 Å². The number of rotatable bonds is 3. The van der Waals surface area contributed by atoms with Crippen LogP contribution in [0.5, 0.6) is 0 Å². The van der Waals surface area contributed by atoms with Gasteiger partial charge in [-0.2, -0.15) is 13.2 Å². The van der Waals surface area contributed by atoms with Crippen molar-refractivity contribution >= 4 is 17.3 Å². The van der Waals surface area contributed by atoms with Gasteiger partial charge in [0.2, 0.25) is 0 Å². The molecule has 3 nitrogen and oxygen atoms in total. The van der Waals surface area contributed by atoms with Gasteiger partial charge in [0.1, 0.15) is 11.4 Å². The summed E-state index contributed by atoms with van der Waals surface area (Å²) in [6.07, 6.45) is -5.02. The average molecular weight is 331 g/mol. The number of benzene rings is 2. The van der Waals surface area contributed by atoms with Gasteiger partial charge in [0.25, 0.3) is 0 Å². The Morgan fingerprint density at radius 1 is 1.09 bits per heavy atom. The van der Waals surface area contributed by atoms with Crippen molar-refractivity contribution in [1.82, 2.24) is 0 Å². The number of alkyl halides is 3. The van der Waals surface area contributed by atoms with E-state index < -0.39 is 34.9 Å². The Morgan fingerprint density at radius 2 is 1.70 bits per heavy atom. The monoisotopic (exact) mass is 331 g/mol. The zero-order chi connectivity index (χ0) is 17.4. The molecule has 0 radical (unpaired) electrons. The Balaban J connectivity index is 2.55. The van der Waals surface area contributed by atoms with Crippen LogP contribution < -0.4 is 5.32 Å². The van der Waals surface area contributed by atoms with E-state index >= 15 is 0 Å². The first kappa shape index (κ1) is 16.7. The number of anilines is 2. The van der Waals surface area contributed by atoms with Gasteiger partial charge < -0.3 is 10.4 Å². The van der Waals surface area contributed by atoms with Gasteiger partial charge in [-0.25, -0.2) is 13.6 Å². The summed E-state index contributed by atoms with van der Waals surface area (Å²) in [5, 5.41) is 11.5. The highest BCUT2D eigenvalue weighted by atomic mass is 19.4. The zero-order valence-corrected chi connectivity index (χ0v) is 11.6. The number of aromatic carboxylic acids is 1. The molecule has 0 saturated heterocycles. The Bertz CT molecular complexity index is 771. The molecule has 8 heteroatoms. The Hall–Kier alpha value is -2.64. The predicted octanol–water partition coefficient (Wildman–Crippen LogP) is 4.73. The molecule has 0 atom stereocenters. The fourth-order valence-corrected chi connectivity index (χ4v) is 2.02. The molecule has 2 N–H and O–H groups in total. The van der Waals surface area contributed by atoms with Crippen LogP contribution in [0.4, 0.5) is 33.3 Å². The van der Waals surface area contributed by atoms with Crippen molar-refractivity contribution in [2.75, 3.05) is 5.32 Å². The fraction of sp³-hybridized carbons (Fsp3) is 0.133. The van der Waals surface area contributed by atoms with Crippen molar-refractivity contribution in [3.05, 3.63) is 58.7 Å². The average Bonchev–Trinajstić information content (AvgIpc) is 2.40. The number of carboxylic acid groups (broad SMARTS) is 1. The van der Waals surface area contributed by atoms with Crippen molar-refractivity contribution in [2.24, 2.45) is 0 Å². The minimum atomic E-state index is -5.02. The second-order valence-corrected chi connectivity index (χ2v) is 4.74. The molecule has 0 amide bonds. The van der Waals surface area contributed by atoms with Crippen LogP contribution in [-0.4, -0.2) is 11.1 Å². The summed E-state index contributed by atoms with van der Waals surface area (Å²) in [5.74, 6) is -4.27. The van der Waals surface area contributed by atoms with E-state index in [2.05, 4.69) is 5.32 Å². The SMILES string of the molecule is Cc1cc(F)ccc1Nc1ccc(C(F)(F)F)c(F)c1C(=O)O. The van der Waals surface area contributed by atoms with Gasteiger partial charge in [0.15, 0.2) is 5.82 Å². The lowest BCUT2D eigenvalue weighted by molar-refractivity contribution is -0.140. The molecule has 0 heterocycles. The van der Waals surface area contributed by atoms with Gasteiger partial charge in [-0.15, -0.1) is 0 Å². The molecule has 0 unspecified atom stereocenters. The molecular formula is C15H10F5NO2. The molecule has 0 aromatic heterocycles. The van der Waals surface area contributed by atoms with Crippen molar-refractivity contribution < 1.29 is 31.9 Å². The minimum absolute atomic E-state index is 0.244. The third kappa shape index (κ3) is 3.41. The first-order valence-corrected chi connectivity index (χ1v) is 6.27. The van der Waals surface area contributed by atoms with E-state index in [4.69, 9.17) is 5.11 Å². The second kappa shape index (κ2) is 5.86. The van der Waals surface area contributed by atoms with Crippen molar-refractivity contribution in [3.63, 3.8) is 0 Å². The highest BCUT2D eigenvalue weighted by Crippen LogP contribution is 2.36. The summed E-state index contributed by atoms with van der Waals surface area (Å²) < 4.78 is 65.0. The molecular weight excluding hydrogens is 321 g/mol. The first-order chi connectivity index (χ1) is 10.6. The van der Waals surface area contributed by atoms with Crippen LogP contribution in [0.2, 0.25) is 0 Å². The summed E-state index contributed by atoms with van der Waals surface area (Å²) in [7, 11) is 0. The molecule has 2 aromatic rings. The molecule has 2 aromatic carbocycles. The second-order valence-electron chi connectivity index (χ2n) is 4.74. The number of carbonyl (C=O) groups is 1. The molecule has 23 heavy (non-hydrogen) atoms. The Kier molecular flexibility index (Phi) is 4.26. The summed E-state index contributed by atoms with van der Waals surface area (Å²) in [5.41, 5.74) is -2.55. The highest BCUT2D eigenvalue weighted by Gasteiger charge is 2.37. The normalized spacial score (nSPS) is 11.4. The van der Waals surface area contributed by atoms with Gasteiger partial charge in [0, 0.05) is 5.69 Å². The molecule has 0 aliphatic heterocycles. The third-order valence-electron chi connectivity index (χ3n) is 3.12. The maximum absolute atomic E-state index is 13.9. The van der Waals surface area contributed by atoms with Gasteiger partial charge in [0.05, 0.1) is 11.3 Å². The van der Waals surface area contributed by atoms with Crippen molar-refractivity contribution in [3.8, 4) is 0 Å². The highest BCUT2D eigenvalue weighted by molar-refractivity contribution is 5.96. The predicted molar refractivity (Wildman–Crippen MR) is 72.8 cm³/mol. The maximum atomic E-state index is 13.9. The molecule has 0 spiro atoms. The van der Waals surface area contributed by atoms with Gasteiger partial charge in [-0.1, -0.05) is 0 Å². The van der Waals surface area contributed by atoms with Crippen LogP contribution in [0, 0.1) is 18.6 Å². The summed E-state index contributed by atoms with van der Waals surface area (Å²) in [6, 6.07) is 4.76. The molecule has 0 aliphatic rings. The smallest absolute Gasteiger partial charge is 0.419 e. The van der Waals surface area contributed by atoms with E-state index in [1.165, 1.54) is 13.0 Å². The summed E-state index contributed by atoms with van der Waals surface area (Å²) >= 11 is 0. The topological polar surface area (TPSA) is 49.3 Å². The Labute approximate surface area is 127 Å². The van der Waals surface area contributed by atoms with E-state index in [-0.39, 0.29) is 11.4 Å². The van der Waals surface area contributed by atoms with E-state index in [1.54, 1.807) is 0 Å². The van der Waals surface area contributed by atoms with Crippen LogP contribution in [0.1, 0.15) is 21.5 Å². The maximum Gasteiger partial charge on any atom is 0.419 e. The third-order valence-corrected chi connectivity index (χ3v) is 3.12. The van der Waals surface area contributed by atoms with Crippen LogP contribution >= 0.6 is 0 Å². The number of hydrogen-bond donors (Lipinski definition) is 2. The van der Waals surface area contributed by atoms with Crippen LogP contribution in [0.3, 0.4) is 0 Å². The summed E-state index contributed by atoms with van der Waals surface area (Å²) in [4.78, 5) is 11.1. The Morgan fingerprint density at radius 3 is 2.22 bits per heavy atom. The number of halogens is 5. The zero-order valence-electron chi connectivity index (χ0n) is 11.6. The van der Waals surface area contributed by atoms with Gasteiger partial charge in [-0.3, -0.25) is 0 Å². The molecule has 0 bridgehead atoms.